The highest BCUT2D eigenvalue weighted by molar-refractivity contribution is 6.04. The number of carbonyl (C=O) groups excluding carboxylic acids is 2. The molecule has 2 atom stereocenters. The summed E-state index contributed by atoms with van der Waals surface area (Å²) in [4.78, 5) is 23.3. The summed E-state index contributed by atoms with van der Waals surface area (Å²) in [6.07, 6.45) is 13.7. The monoisotopic (exact) mass is 369 g/mol. The number of likely N-dealkylation sites (N-methyl/N-ethyl adjacent to an activating group) is 1. The Hall–Kier alpha value is -1.20. The first-order valence-corrected chi connectivity index (χ1v) is 10.1. The lowest BCUT2D eigenvalue weighted by Gasteiger charge is -2.30. The maximum atomic E-state index is 12.1. The van der Waals surface area contributed by atoms with Crippen molar-refractivity contribution in [3.8, 4) is 0 Å². The van der Waals surface area contributed by atoms with Gasteiger partial charge in [-0.3, -0.25) is 4.79 Å². The molecule has 2 unspecified atom stereocenters. The van der Waals surface area contributed by atoms with E-state index >= 15 is 0 Å². The maximum Gasteiger partial charge on any atom is 0.166 e. The average molecular weight is 370 g/mol. The molecular formula is C21H39NO4. The van der Waals surface area contributed by atoms with Crippen molar-refractivity contribution in [1.82, 2.24) is 0 Å². The molecule has 0 saturated heterocycles. The van der Waals surface area contributed by atoms with Gasteiger partial charge in [0.1, 0.15) is 12.6 Å². The number of quaternary nitrogens is 1. The summed E-state index contributed by atoms with van der Waals surface area (Å²) in [6.45, 7) is 2.40. The molecule has 1 N–H and O–H groups in total. The zero-order valence-electron chi connectivity index (χ0n) is 17.2. The van der Waals surface area contributed by atoms with Crippen LogP contribution in [0.2, 0.25) is 0 Å². The van der Waals surface area contributed by atoms with Crippen molar-refractivity contribution in [2.24, 2.45) is 5.92 Å². The Morgan fingerprint density at radius 1 is 0.962 bits per heavy atom. The normalized spacial score (nSPS) is 14.5. The van der Waals surface area contributed by atoms with E-state index in [2.05, 4.69) is 6.92 Å². The second-order valence-corrected chi connectivity index (χ2v) is 8.26. The minimum absolute atomic E-state index is 0.177. The van der Waals surface area contributed by atoms with E-state index < -0.39 is 23.8 Å². The van der Waals surface area contributed by atoms with Crippen molar-refractivity contribution in [2.45, 2.75) is 77.2 Å². The van der Waals surface area contributed by atoms with Gasteiger partial charge in [-0.1, -0.05) is 64.4 Å². The Kier molecular flexibility index (Phi) is 13.3. The highest BCUT2D eigenvalue weighted by atomic mass is 16.4. The van der Waals surface area contributed by atoms with Crippen LogP contribution in [0.15, 0.2) is 12.2 Å². The largest absolute Gasteiger partial charge is 0.549 e. The number of nitrogens with zero attached hydrogens (tertiary/aromatic N) is 1. The topological polar surface area (TPSA) is 77.4 Å². The number of hydrogen-bond acceptors (Lipinski definition) is 4. The van der Waals surface area contributed by atoms with Crippen LogP contribution >= 0.6 is 0 Å². The Balaban J connectivity index is 4.05. The minimum Gasteiger partial charge on any atom is -0.549 e. The highest BCUT2D eigenvalue weighted by Crippen LogP contribution is 2.12. The van der Waals surface area contributed by atoms with Gasteiger partial charge in [0.2, 0.25) is 0 Å². The zero-order valence-corrected chi connectivity index (χ0v) is 17.2. The first kappa shape index (κ1) is 24.8. The molecule has 0 aliphatic carbocycles. The lowest BCUT2D eigenvalue weighted by molar-refractivity contribution is -0.873. The Labute approximate surface area is 159 Å². The summed E-state index contributed by atoms with van der Waals surface area (Å²) < 4.78 is 0.375. The zero-order chi connectivity index (χ0) is 20.0. The number of aliphatic carboxylic acids is 1. The van der Waals surface area contributed by atoms with Crippen LogP contribution in [-0.4, -0.2) is 55.1 Å². The molecule has 0 fully saturated rings. The lowest BCUT2D eigenvalue weighted by atomic mass is 9.96. The summed E-state index contributed by atoms with van der Waals surface area (Å²) in [5.74, 6) is -3.59. The van der Waals surface area contributed by atoms with Crippen LogP contribution in [0, 0.1) is 5.92 Å². The second-order valence-electron chi connectivity index (χ2n) is 8.26. The number of carboxylic acid groups (broad SMARTS) is 1. The standard InChI is InChI=1S/C21H39NO4/c1-5-6-7-8-9-10-11-12-13-14-15-16-18(23)20(21(25)26)19(24)17-22(2,3)4/h15-16,19-20,24H,5-14,17H2,1-4H3/b16-15+. The molecule has 0 aromatic carbocycles. The molecule has 0 saturated carbocycles. The number of ketones is 1. The summed E-state index contributed by atoms with van der Waals surface area (Å²) >= 11 is 0. The van der Waals surface area contributed by atoms with Crippen molar-refractivity contribution in [2.75, 3.05) is 27.7 Å². The van der Waals surface area contributed by atoms with E-state index in [0.29, 0.717) is 4.48 Å². The fourth-order valence-electron chi connectivity index (χ4n) is 3.01. The van der Waals surface area contributed by atoms with Crippen LogP contribution in [0.4, 0.5) is 0 Å². The molecule has 5 nitrogen and oxygen atoms in total. The van der Waals surface area contributed by atoms with Crippen molar-refractivity contribution >= 4 is 11.8 Å². The molecule has 0 aliphatic rings. The van der Waals surface area contributed by atoms with Crippen molar-refractivity contribution in [3.63, 3.8) is 0 Å². The van der Waals surface area contributed by atoms with Crippen molar-refractivity contribution in [3.05, 3.63) is 12.2 Å². The molecule has 26 heavy (non-hydrogen) atoms. The van der Waals surface area contributed by atoms with E-state index in [1.165, 1.54) is 51.0 Å². The number of allylic oxidation sites excluding steroid dienone is 2. The van der Waals surface area contributed by atoms with E-state index in [1.807, 2.05) is 21.1 Å². The number of carboxylic acids is 1. The van der Waals surface area contributed by atoms with Crippen LogP contribution in [-0.2, 0) is 9.59 Å². The molecular weight excluding hydrogens is 330 g/mol. The van der Waals surface area contributed by atoms with E-state index in [4.69, 9.17) is 0 Å². The van der Waals surface area contributed by atoms with Crippen LogP contribution < -0.4 is 5.11 Å². The summed E-state index contributed by atoms with van der Waals surface area (Å²) in [6, 6.07) is 0. The van der Waals surface area contributed by atoms with Gasteiger partial charge in [-0.05, 0) is 18.9 Å². The molecule has 0 bridgehead atoms. The van der Waals surface area contributed by atoms with Crippen molar-refractivity contribution < 1.29 is 24.3 Å². The molecule has 5 heteroatoms. The highest BCUT2D eigenvalue weighted by Gasteiger charge is 2.30. The molecule has 0 aromatic rings. The third-order valence-corrected chi connectivity index (χ3v) is 4.44. The molecule has 0 spiro atoms. The number of rotatable bonds is 16. The van der Waals surface area contributed by atoms with Gasteiger partial charge in [0.05, 0.1) is 33.0 Å². The van der Waals surface area contributed by atoms with Gasteiger partial charge in [0.15, 0.2) is 5.78 Å². The van der Waals surface area contributed by atoms with E-state index in [0.717, 1.165) is 19.3 Å². The molecule has 0 heterocycles. The van der Waals surface area contributed by atoms with Crippen LogP contribution in [0.1, 0.15) is 71.1 Å². The predicted octanol–water partition coefficient (Wildman–Crippen LogP) is 2.47. The molecule has 0 radical (unpaired) electrons. The summed E-state index contributed by atoms with van der Waals surface area (Å²) in [5, 5.41) is 21.3. The van der Waals surface area contributed by atoms with Gasteiger partial charge in [-0.25, -0.2) is 0 Å². The predicted molar refractivity (Wildman–Crippen MR) is 103 cm³/mol. The quantitative estimate of drug-likeness (QED) is 0.196. The summed E-state index contributed by atoms with van der Waals surface area (Å²) in [7, 11) is 5.50. The fraction of sp³-hybridized carbons (Fsp3) is 0.810. The first-order chi connectivity index (χ1) is 12.2. The van der Waals surface area contributed by atoms with E-state index in [9.17, 15) is 19.8 Å². The van der Waals surface area contributed by atoms with Gasteiger partial charge in [0, 0.05) is 0 Å². The molecule has 0 rings (SSSR count). The van der Waals surface area contributed by atoms with E-state index in [-0.39, 0.29) is 6.54 Å². The van der Waals surface area contributed by atoms with Crippen LogP contribution in [0.3, 0.4) is 0 Å². The number of aliphatic hydroxyl groups excluding tert-OH is 1. The fourth-order valence-corrected chi connectivity index (χ4v) is 3.01. The van der Waals surface area contributed by atoms with E-state index in [1.54, 1.807) is 6.08 Å². The molecule has 0 aromatic heterocycles. The number of aliphatic hydroxyl groups is 1. The number of unbranched alkanes of at least 4 members (excludes halogenated alkanes) is 9. The Bertz CT molecular complexity index is 426. The Morgan fingerprint density at radius 3 is 1.92 bits per heavy atom. The van der Waals surface area contributed by atoms with Gasteiger partial charge in [0.25, 0.3) is 0 Å². The maximum absolute atomic E-state index is 12.1. The number of hydrogen-bond donors (Lipinski definition) is 1. The lowest BCUT2D eigenvalue weighted by Crippen LogP contribution is -2.50. The van der Waals surface area contributed by atoms with Gasteiger partial charge >= 0.3 is 0 Å². The SMILES string of the molecule is CCCCCCCCCCC/C=C/C(=O)C(C(=O)[O-])C(O)C[N+](C)(C)C. The summed E-state index contributed by atoms with van der Waals surface area (Å²) in [5.41, 5.74) is 0. The number of carbonyl (C=O) groups is 2. The van der Waals surface area contributed by atoms with Crippen LogP contribution in [0.25, 0.3) is 0 Å². The van der Waals surface area contributed by atoms with Gasteiger partial charge in [-0.15, -0.1) is 0 Å². The average Bonchev–Trinajstić information content (AvgIpc) is 2.50. The minimum atomic E-state index is -1.51. The van der Waals surface area contributed by atoms with Gasteiger partial charge < -0.3 is 19.5 Å². The smallest absolute Gasteiger partial charge is 0.166 e. The molecule has 0 aliphatic heterocycles. The van der Waals surface area contributed by atoms with Crippen molar-refractivity contribution in [1.29, 1.82) is 0 Å². The third kappa shape index (κ3) is 13.1. The second kappa shape index (κ2) is 13.9. The molecule has 0 amide bonds. The first-order valence-electron chi connectivity index (χ1n) is 10.1. The van der Waals surface area contributed by atoms with Gasteiger partial charge in [-0.2, -0.15) is 0 Å². The third-order valence-electron chi connectivity index (χ3n) is 4.44. The van der Waals surface area contributed by atoms with Crippen LogP contribution in [0.5, 0.6) is 0 Å². The molecule has 152 valence electrons. The Morgan fingerprint density at radius 2 is 1.46 bits per heavy atom.